The molecule has 1 heterocycles. The largest absolute Gasteiger partial charge is 0.382 e. The van der Waals surface area contributed by atoms with Gasteiger partial charge in [0, 0.05) is 24.1 Å². The Labute approximate surface area is 138 Å². The highest BCUT2D eigenvalue weighted by molar-refractivity contribution is 6.05. The summed E-state index contributed by atoms with van der Waals surface area (Å²) in [4.78, 5) is 16.7. The molecule has 0 saturated heterocycles. The molecule has 2 N–H and O–H groups in total. The summed E-state index contributed by atoms with van der Waals surface area (Å²) < 4.78 is 0. The minimum Gasteiger partial charge on any atom is -0.382 e. The summed E-state index contributed by atoms with van der Waals surface area (Å²) in [5.41, 5.74) is 3.30. The molecule has 2 rings (SSSR count). The molecular formula is C19H25N3O. The molecule has 0 radical (unpaired) electrons. The third-order valence-corrected chi connectivity index (χ3v) is 3.44. The second-order valence-electron chi connectivity index (χ2n) is 7.01. The van der Waals surface area contributed by atoms with Crippen LogP contribution < -0.4 is 10.6 Å². The Kier molecular flexibility index (Phi) is 5.04. The lowest BCUT2D eigenvalue weighted by Gasteiger charge is -2.23. The highest BCUT2D eigenvalue weighted by atomic mass is 16.1. The Balaban J connectivity index is 2.23. The lowest BCUT2D eigenvalue weighted by molar-refractivity contribution is 0.102. The number of carbonyl (C=O) groups is 1. The fourth-order valence-corrected chi connectivity index (χ4v) is 2.42. The third-order valence-electron chi connectivity index (χ3n) is 3.44. The molecule has 0 atom stereocenters. The smallest absolute Gasteiger partial charge is 0.257 e. The van der Waals surface area contributed by atoms with Gasteiger partial charge in [0.1, 0.15) is 0 Å². The van der Waals surface area contributed by atoms with E-state index >= 15 is 0 Å². The van der Waals surface area contributed by atoms with Gasteiger partial charge in [0.25, 0.3) is 5.91 Å². The maximum Gasteiger partial charge on any atom is 0.257 e. The number of aromatic nitrogens is 1. The predicted molar refractivity (Wildman–Crippen MR) is 96.1 cm³/mol. The second-order valence-corrected chi connectivity index (χ2v) is 7.01. The van der Waals surface area contributed by atoms with Crippen LogP contribution in [0.15, 0.2) is 42.7 Å². The van der Waals surface area contributed by atoms with Crippen LogP contribution in [0.3, 0.4) is 0 Å². The standard InChI is InChI=1S/C19H25N3O/c1-13(2)21-15-10-14(11-20-12-15)18(23)22-17-9-7-6-8-16(17)19(3,4)5/h6-13,21H,1-5H3,(H,22,23). The Morgan fingerprint density at radius 1 is 1.13 bits per heavy atom. The molecule has 0 fully saturated rings. The van der Waals surface area contributed by atoms with Crippen LogP contribution in [0.25, 0.3) is 0 Å². The van der Waals surface area contributed by atoms with Crippen molar-refractivity contribution >= 4 is 17.3 Å². The first-order valence-electron chi connectivity index (χ1n) is 7.90. The van der Waals surface area contributed by atoms with E-state index in [9.17, 15) is 4.79 Å². The van der Waals surface area contributed by atoms with Crippen LogP contribution in [0.4, 0.5) is 11.4 Å². The van der Waals surface area contributed by atoms with Crippen molar-refractivity contribution in [3.63, 3.8) is 0 Å². The first kappa shape index (κ1) is 17.0. The molecule has 0 aliphatic rings. The number of hydrogen-bond acceptors (Lipinski definition) is 3. The number of hydrogen-bond donors (Lipinski definition) is 2. The Hall–Kier alpha value is -2.36. The van der Waals surface area contributed by atoms with Crippen molar-refractivity contribution < 1.29 is 4.79 Å². The van der Waals surface area contributed by atoms with Crippen molar-refractivity contribution in [1.29, 1.82) is 0 Å². The highest BCUT2D eigenvalue weighted by Gasteiger charge is 2.19. The normalized spacial score (nSPS) is 11.4. The second kappa shape index (κ2) is 6.82. The number of amides is 1. The van der Waals surface area contributed by atoms with Crippen LogP contribution in [-0.2, 0) is 5.41 Å². The van der Waals surface area contributed by atoms with Gasteiger partial charge in [-0.05, 0) is 37.0 Å². The summed E-state index contributed by atoms with van der Waals surface area (Å²) in [5.74, 6) is -0.151. The van der Waals surface area contributed by atoms with Gasteiger partial charge in [0.15, 0.2) is 0 Å². The zero-order chi connectivity index (χ0) is 17.0. The maximum atomic E-state index is 12.6. The summed E-state index contributed by atoms with van der Waals surface area (Å²) in [5, 5.41) is 6.26. The number of benzene rings is 1. The summed E-state index contributed by atoms with van der Waals surface area (Å²) in [6.45, 7) is 10.5. The van der Waals surface area contributed by atoms with Crippen molar-refractivity contribution in [1.82, 2.24) is 4.98 Å². The van der Waals surface area contributed by atoms with E-state index in [0.717, 1.165) is 16.9 Å². The molecule has 2 aromatic rings. The summed E-state index contributed by atoms with van der Waals surface area (Å²) in [7, 11) is 0. The van der Waals surface area contributed by atoms with Crippen LogP contribution >= 0.6 is 0 Å². The number of nitrogens with one attached hydrogen (secondary N) is 2. The molecule has 0 saturated carbocycles. The molecule has 0 unspecified atom stereocenters. The molecule has 4 nitrogen and oxygen atoms in total. The summed E-state index contributed by atoms with van der Waals surface area (Å²) in [6.07, 6.45) is 3.31. The molecule has 1 amide bonds. The number of para-hydroxylation sites is 1. The minimum atomic E-state index is -0.151. The third kappa shape index (κ3) is 4.55. The van der Waals surface area contributed by atoms with Gasteiger partial charge in [0.2, 0.25) is 0 Å². The highest BCUT2D eigenvalue weighted by Crippen LogP contribution is 2.29. The van der Waals surface area contributed by atoms with Crippen molar-refractivity contribution in [2.45, 2.75) is 46.1 Å². The predicted octanol–water partition coefficient (Wildman–Crippen LogP) is 4.45. The molecule has 0 aliphatic heterocycles. The fraction of sp³-hybridized carbons (Fsp3) is 0.368. The average Bonchev–Trinajstić information content (AvgIpc) is 2.46. The molecule has 122 valence electrons. The van der Waals surface area contributed by atoms with Gasteiger partial charge in [-0.25, -0.2) is 0 Å². The average molecular weight is 311 g/mol. The van der Waals surface area contributed by atoms with Gasteiger partial charge in [0.05, 0.1) is 11.3 Å². The summed E-state index contributed by atoms with van der Waals surface area (Å²) >= 11 is 0. The van der Waals surface area contributed by atoms with E-state index in [0.29, 0.717) is 5.56 Å². The van der Waals surface area contributed by atoms with Crippen LogP contribution in [0.5, 0.6) is 0 Å². The van der Waals surface area contributed by atoms with Gasteiger partial charge in [-0.3, -0.25) is 9.78 Å². The van der Waals surface area contributed by atoms with Crippen LogP contribution in [0, 0.1) is 0 Å². The lowest BCUT2D eigenvalue weighted by atomic mass is 9.86. The van der Waals surface area contributed by atoms with E-state index in [2.05, 4.69) is 36.4 Å². The quantitative estimate of drug-likeness (QED) is 0.877. The SMILES string of the molecule is CC(C)Nc1cncc(C(=O)Nc2ccccc2C(C)(C)C)c1. The minimum absolute atomic E-state index is 0.0385. The number of pyridine rings is 1. The molecule has 4 heteroatoms. The van der Waals surface area contributed by atoms with Crippen LogP contribution in [0.2, 0.25) is 0 Å². The van der Waals surface area contributed by atoms with E-state index in [1.807, 2.05) is 44.2 Å². The molecule has 1 aromatic heterocycles. The van der Waals surface area contributed by atoms with Crippen molar-refractivity contribution in [3.8, 4) is 0 Å². The maximum absolute atomic E-state index is 12.6. The molecule has 0 bridgehead atoms. The lowest BCUT2D eigenvalue weighted by Crippen LogP contribution is -2.19. The van der Waals surface area contributed by atoms with Gasteiger partial charge in [-0.15, -0.1) is 0 Å². The number of carbonyl (C=O) groups excluding carboxylic acids is 1. The van der Waals surface area contributed by atoms with Crippen molar-refractivity contribution in [3.05, 3.63) is 53.9 Å². The van der Waals surface area contributed by atoms with E-state index < -0.39 is 0 Å². The number of anilines is 2. The van der Waals surface area contributed by atoms with E-state index in [1.54, 1.807) is 12.4 Å². The van der Waals surface area contributed by atoms with E-state index in [4.69, 9.17) is 0 Å². The fourth-order valence-electron chi connectivity index (χ4n) is 2.42. The first-order valence-corrected chi connectivity index (χ1v) is 7.90. The molecule has 1 aromatic carbocycles. The Morgan fingerprint density at radius 3 is 2.48 bits per heavy atom. The van der Waals surface area contributed by atoms with Gasteiger partial charge >= 0.3 is 0 Å². The monoisotopic (exact) mass is 311 g/mol. The van der Waals surface area contributed by atoms with Crippen LogP contribution in [-0.4, -0.2) is 16.9 Å². The molecule has 0 spiro atoms. The van der Waals surface area contributed by atoms with Crippen LogP contribution in [0.1, 0.15) is 50.5 Å². The number of rotatable bonds is 4. The van der Waals surface area contributed by atoms with Gasteiger partial charge < -0.3 is 10.6 Å². The van der Waals surface area contributed by atoms with E-state index in [-0.39, 0.29) is 17.4 Å². The topological polar surface area (TPSA) is 54.0 Å². The van der Waals surface area contributed by atoms with Crippen molar-refractivity contribution in [2.24, 2.45) is 0 Å². The Bertz CT molecular complexity index is 687. The zero-order valence-corrected chi connectivity index (χ0v) is 14.5. The zero-order valence-electron chi connectivity index (χ0n) is 14.5. The molecular weight excluding hydrogens is 286 g/mol. The Morgan fingerprint density at radius 2 is 1.83 bits per heavy atom. The van der Waals surface area contributed by atoms with Gasteiger partial charge in [-0.1, -0.05) is 39.0 Å². The number of nitrogens with zero attached hydrogens (tertiary/aromatic N) is 1. The van der Waals surface area contributed by atoms with Crippen molar-refractivity contribution in [2.75, 3.05) is 10.6 Å². The molecule has 0 aliphatic carbocycles. The summed E-state index contributed by atoms with van der Waals surface area (Å²) in [6, 6.07) is 10.0. The first-order chi connectivity index (χ1) is 10.8. The molecule has 23 heavy (non-hydrogen) atoms. The van der Waals surface area contributed by atoms with Gasteiger partial charge in [-0.2, -0.15) is 0 Å². The van der Waals surface area contributed by atoms with E-state index in [1.165, 1.54) is 0 Å².